The second-order valence-electron chi connectivity index (χ2n) is 3.66. The zero-order valence-corrected chi connectivity index (χ0v) is 8.30. The highest BCUT2D eigenvalue weighted by Crippen LogP contribution is 2.17. The van der Waals surface area contributed by atoms with Gasteiger partial charge in [-0.05, 0) is 25.0 Å². The van der Waals surface area contributed by atoms with Gasteiger partial charge in [0.2, 0.25) is 0 Å². The first-order valence-corrected chi connectivity index (χ1v) is 5.05. The molecule has 2 nitrogen and oxygen atoms in total. The predicted molar refractivity (Wildman–Crippen MR) is 53.8 cm³/mol. The molecule has 0 unspecified atom stereocenters. The normalized spacial score (nSPS) is 17.7. The number of rotatable bonds is 2. The third-order valence-electron chi connectivity index (χ3n) is 2.51. The molecule has 1 fully saturated rings. The topological polar surface area (TPSA) is 21.3 Å². The summed E-state index contributed by atoms with van der Waals surface area (Å²) >= 11 is 0. The number of anilines is 1. The standard InChI is InChI=1S/C11H13F2NO/c12-10-2-1-9(7-11(10)13)14-8-3-5-15-6-4-8/h1-2,7-8,14H,3-6H2. The van der Waals surface area contributed by atoms with Gasteiger partial charge in [-0.3, -0.25) is 0 Å². The molecule has 1 aliphatic rings. The minimum atomic E-state index is -0.813. The zero-order chi connectivity index (χ0) is 10.7. The van der Waals surface area contributed by atoms with Crippen LogP contribution in [0.5, 0.6) is 0 Å². The lowest BCUT2D eigenvalue weighted by Gasteiger charge is -2.24. The van der Waals surface area contributed by atoms with E-state index in [2.05, 4.69) is 5.32 Å². The van der Waals surface area contributed by atoms with Crippen LogP contribution in [0.25, 0.3) is 0 Å². The van der Waals surface area contributed by atoms with Crippen LogP contribution in [0.2, 0.25) is 0 Å². The van der Waals surface area contributed by atoms with Crippen LogP contribution < -0.4 is 5.32 Å². The van der Waals surface area contributed by atoms with Gasteiger partial charge in [0.1, 0.15) is 0 Å². The molecular weight excluding hydrogens is 200 g/mol. The third kappa shape index (κ3) is 2.65. The van der Waals surface area contributed by atoms with E-state index in [4.69, 9.17) is 4.74 Å². The Kier molecular flexibility index (Phi) is 3.16. The highest BCUT2D eigenvalue weighted by molar-refractivity contribution is 5.44. The van der Waals surface area contributed by atoms with Crippen LogP contribution in [0.1, 0.15) is 12.8 Å². The Labute approximate surface area is 87.2 Å². The van der Waals surface area contributed by atoms with Gasteiger partial charge < -0.3 is 10.1 Å². The minimum Gasteiger partial charge on any atom is -0.382 e. The first-order chi connectivity index (χ1) is 7.25. The Hall–Kier alpha value is -1.16. The molecule has 1 aliphatic heterocycles. The molecule has 2 rings (SSSR count). The van der Waals surface area contributed by atoms with Crippen molar-refractivity contribution in [2.75, 3.05) is 18.5 Å². The number of ether oxygens (including phenoxy) is 1. The highest BCUT2D eigenvalue weighted by atomic mass is 19.2. The van der Waals surface area contributed by atoms with Gasteiger partial charge >= 0.3 is 0 Å². The SMILES string of the molecule is Fc1ccc(NC2CCOCC2)cc1F. The van der Waals surface area contributed by atoms with Crippen molar-refractivity contribution in [3.8, 4) is 0 Å². The molecule has 4 heteroatoms. The molecule has 0 aromatic heterocycles. The molecular formula is C11H13F2NO. The Morgan fingerprint density at radius 2 is 1.87 bits per heavy atom. The molecule has 0 atom stereocenters. The number of halogens is 2. The smallest absolute Gasteiger partial charge is 0.160 e. The fourth-order valence-corrected chi connectivity index (χ4v) is 1.66. The Bertz CT molecular complexity index is 337. The van der Waals surface area contributed by atoms with E-state index in [0.717, 1.165) is 32.1 Å². The van der Waals surface area contributed by atoms with Crippen LogP contribution in [-0.4, -0.2) is 19.3 Å². The van der Waals surface area contributed by atoms with Crippen molar-refractivity contribution in [1.29, 1.82) is 0 Å². The molecule has 1 saturated heterocycles. The van der Waals surface area contributed by atoms with Crippen molar-refractivity contribution < 1.29 is 13.5 Å². The summed E-state index contributed by atoms with van der Waals surface area (Å²) in [6.07, 6.45) is 1.80. The minimum absolute atomic E-state index is 0.295. The molecule has 1 heterocycles. The van der Waals surface area contributed by atoms with Crippen molar-refractivity contribution in [3.05, 3.63) is 29.8 Å². The van der Waals surface area contributed by atoms with Gasteiger partial charge in [-0.2, -0.15) is 0 Å². The summed E-state index contributed by atoms with van der Waals surface area (Å²) < 4.78 is 30.8. The summed E-state index contributed by atoms with van der Waals surface area (Å²) in [7, 11) is 0. The van der Waals surface area contributed by atoms with Gasteiger partial charge in [-0.15, -0.1) is 0 Å². The van der Waals surface area contributed by atoms with Gasteiger partial charge in [0.05, 0.1) is 0 Å². The van der Waals surface area contributed by atoms with Crippen LogP contribution in [0.3, 0.4) is 0 Å². The maximum atomic E-state index is 12.9. The molecule has 0 saturated carbocycles. The Morgan fingerprint density at radius 1 is 1.13 bits per heavy atom. The van der Waals surface area contributed by atoms with Crippen LogP contribution >= 0.6 is 0 Å². The molecule has 1 N–H and O–H groups in total. The van der Waals surface area contributed by atoms with E-state index < -0.39 is 11.6 Å². The molecule has 0 bridgehead atoms. The average Bonchev–Trinajstić information content (AvgIpc) is 2.25. The van der Waals surface area contributed by atoms with E-state index in [9.17, 15) is 8.78 Å². The summed E-state index contributed by atoms with van der Waals surface area (Å²) in [4.78, 5) is 0. The van der Waals surface area contributed by atoms with E-state index in [-0.39, 0.29) is 0 Å². The first-order valence-electron chi connectivity index (χ1n) is 5.05. The summed E-state index contributed by atoms with van der Waals surface area (Å²) in [6, 6.07) is 4.17. The zero-order valence-electron chi connectivity index (χ0n) is 8.30. The van der Waals surface area contributed by atoms with Gasteiger partial charge in [-0.1, -0.05) is 0 Å². The number of hydrogen-bond acceptors (Lipinski definition) is 2. The summed E-state index contributed by atoms with van der Waals surface area (Å²) in [6.45, 7) is 1.45. The molecule has 0 amide bonds. The maximum Gasteiger partial charge on any atom is 0.160 e. The predicted octanol–water partition coefficient (Wildman–Crippen LogP) is 2.56. The van der Waals surface area contributed by atoms with Gasteiger partial charge in [0.25, 0.3) is 0 Å². The van der Waals surface area contributed by atoms with E-state index >= 15 is 0 Å². The largest absolute Gasteiger partial charge is 0.382 e. The van der Waals surface area contributed by atoms with Gasteiger partial charge in [-0.25, -0.2) is 8.78 Å². The fourth-order valence-electron chi connectivity index (χ4n) is 1.66. The number of nitrogens with one attached hydrogen (secondary N) is 1. The van der Waals surface area contributed by atoms with Crippen molar-refractivity contribution in [1.82, 2.24) is 0 Å². The second kappa shape index (κ2) is 4.57. The molecule has 0 aliphatic carbocycles. The van der Waals surface area contributed by atoms with Crippen molar-refractivity contribution in [3.63, 3.8) is 0 Å². The van der Waals surface area contributed by atoms with Crippen LogP contribution in [0, 0.1) is 11.6 Å². The van der Waals surface area contributed by atoms with E-state index in [0.29, 0.717) is 11.7 Å². The third-order valence-corrected chi connectivity index (χ3v) is 2.51. The molecule has 0 spiro atoms. The average molecular weight is 213 g/mol. The Balaban J connectivity index is 2.00. The van der Waals surface area contributed by atoms with Crippen molar-refractivity contribution in [2.24, 2.45) is 0 Å². The Morgan fingerprint density at radius 3 is 2.53 bits per heavy atom. The fraction of sp³-hybridized carbons (Fsp3) is 0.455. The monoisotopic (exact) mass is 213 g/mol. The lowest BCUT2D eigenvalue weighted by Crippen LogP contribution is -2.27. The molecule has 82 valence electrons. The summed E-state index contributed by atoms with van der Waals surface area (Å²) in [5.41, 5.74) is 0.626. The highest BCUT2D eigenvalue weighted by Gasteiger charge is 2.13. The van der Waals surface area contributed by atoms with Gasteiger partial charge in [0, 0.05) is 31.0 Å². The van der Waals surface area contributed by atoms with Crippen molar-refractivity contribution >= 4 is 5.69 Å². The lowest BCUT2D eigenvalue weighted by atomic mass is 10.1. The first kappa shape index (κ1) is 10.4. The number of hydrogen-bond donors (Lipinski definition) is 1. The molecule has 15 heavy (non-hydrogen) atoms. The van der Waals surface area contributed by atoms with Crippen LogP contribution in [0.4, 0.5) is 14.5 Å². The van der Waals surface area contributed by atoms with E-state index in [1.165, 1.54) is 6.07 Å². The summed E-state index contributed by atoms with van der Waals surface area (Å²) in [5, 5.41) is 3.16. The maximum absolute atomic E-state index is 12.9. The van der Waals surface area contributed by atoms with Crippen molar-refractivity contribution in [2.45, 2.75) is 18.9 Å². The van der Waals surface area contributed by atoms with E-state index in [1.54, 1.807) is 6.07 Å². The number of benzene rings is 1. The van der Waals surface area contributed by atoms with Crippen LogP contribution in [0.15, 0.2) is 18.2 Å². The molecule has 1 aromatic carbocycles. The lowest BCUT2D eigenvalue weighted by molar-refractivity contribution is 0.0904. The van der Waals surface area contributed by atoms with E-state index in [1.807, 2.05) is 0 Å². The van der Waals surface area contributed by atoms with Crippen LogP contribution in [-0.2, 0) is 4.74 Å². The second-order valence-corrected chi connectivity index (χ2v) is 3.66. The van der Waals surface area contributed by atoms with Gasteiger partial charge in [0.15, 0.2) is 11.6 Å². The molecule has 1 aromatic rings. The summed E-state index contributed by atoms with van der Waals surface area (Å²) in [5.74, 6) is -1.63. The molecule has 0 radical (unpaired) electrons. The quantitative estimate of drug-likeness (QED) is 0.815.